The number of furan rings is 1. The molecule has 0 aliphatic rings. The minimum atomic E-state index is -0.987. The number of benzene rings is 2. The summed E-state index contributed by atoms with van der Waals surface area (Å²) in [7, 11) is 0. The summed E-state index contributed by atoms with van der Waals surface area (Å²) >= 11 is 0. The number of hydrogen-bond acceptors (Lipinski definition) is 4. The summed E-state index contributed by atoms with van der Waals surface area (Å²) in [5, 5.41) is 10.5. The lowest BCUT2D eigenvalue weighted by molar-refractivity contribution is -0.0536. The fourth-order valence-electron chi connectivity index (χ4n) is 2.21. The van der Waals surface area contributed by atoms with E-state index in [0.29, 0.717) is 27.9 Å². The van der Waals surface area contributed by atoms with Crippen LogP contribution in [-0.2, 0) is 0 Å². The molecule has 0 saturated carbocycles. The van der Waals surface area contributed by atoms with Crippen LogP contribution in [0.3, 0.4) is 0 Å². The van der Waals surface area contributed by atoms with Crippen LogP contribution in [0.15, 0.2) is 52.9 Å². The summed E-state index contributed by atoms with van der Waals surface area (Å²) in [6, 6.07) is 10.9. The van der Waals surface area contributed by atoms with E-state index < -0.39 is 12.1 Å². The first kappa shape index (κ1) is 17.3. The smallest absolute Gasteiger partial charge is 0.339 e. The number of fused-ring (bicyclic) bond motifs is 1. The molecule has 1 atom stereocenters. The zero-order valence-corrected chi connectivity index (χ0v) is 13.8. The van der Waals surface area contributed by atoms with E-state index in [1.807, 2.05) is 0 Å². The molecule has 2 aromatic carbocycles. The standard InChI is InChI=1S/C19H15FN2O4/c1-12(22(24)19(21)23)2-5-17-11-13-10-16(8-9-18(13)26-17)25-15-6-3-14(20)4-7-15/h3-4,6-12,24H,1H3,(H2,21,23). The van der Waals surface area contributed by atoms with Gasteiger partial charge in [0.1, 0.15) is 28.9 Å². The average molecular weight is 354 g/mol. The second-order valence-electron chi connectivity index (χ2n) is 5.49. The van der Waals surface area contributed by atoms with Gasteiger partial charge in [0.25, 0.3) is 0 Å². The molecule has 1 unspecified atom stereocenters. The van der Waals surface area contributed by atoms with Gasteiger partial charge in [-0.3, -0.25) is 5.21 Å². The number of carbonyl (C=O) groups excluding carboxylic acids is 1. The Morgan fingerprint density at radius 1 is 1.23 bits per heavy atom. The molecule has 0 radical (unpaired) electrons. The predicted molar refractivity (Wildman–Crippen MR) is 92.2 cm³/mol. The summed E-state index contributed by atoms with van der Waals surface area (Å²) < 4.78 is 24.2. The number of halogens is 1. The van der Waals surface area contributed by atoms with Crippen molar-refractivity contribution >= 4 is 17.0 Å². The molecule has 26 heavy (non-hydrogen) atoms. The van der Waals surface area contributed by atoms with E-state index in [1.165, 1.54) is 31.2 Å². The number of primary amides is 1. The van der Waals surface area contributed by atoms with Gasteiger partial charge in [0.15, 0.2) is 5.76 Å². The number of amides is 2. The van der Waals surface area contributed by atoms with Gasteiger partial charge in [0.05, 0.1) is 0 Å². The van der Waals surface area contributed by atoms with E-state index in [4.69, 9.17) is 14.9 Å². The molecule has 0 aliphatic carbocycles. The largest absolute Gasteiger partial charge is 0.457 e. The van der Waals surface area contributed by atoms with E-state index in [0.717, 1.165) is 5.39 Å². The number of rotatable bonds is 3. The van der Waals surface area contributed by atoms with Crippen LogP contribution in [0.1, 0.15) is 12.7 Å². The normalized spacial score (nSPS) is 11.5. The van der Waals surface area contributed by atoms with Gasteiger partial charge in [-0.1, -0.05) is 5.92 Å². The molecule has 0 saturated heterocycles. The highest BCUT2D eigenvalue weighted by atomic mass is 19.1. The molecule has 0 aliphatic heterocycles. The maximum Gasteiger partial charge on any atom is 0.339 e. The van der Waals surface area contributed by atoms with Crippen LogP contribution in [0.2, 0.25) is 0 Å². The summed E-state index contributed by atoms with van der Waals surface area (Å²) in [4.78, 5) is 10.9. The molecule has 0 bridgehead atoms. The number of carbonyl (C=O) groups is 1. The van der Waals surface area contributed by atoms with E-state index in [2.05, 4.69) is 11.8 Å². The van der Waals surface area contributed by atoms with Crippen molar-refractivity contribution in [2.45, 2.75) is 13.0 Å². The fourth-order valence-corrected chi connectivity index (χ4v) is 2.21. The van der Waals surface area contributed by atoms with Crippen LogP contribution >= 0.6 is 0 Å². The lowest BCUT2D eigenvalue weighted by Crippen LogP contribution is -2.38. The number of hydroxylamine groups is 2. The Morgan fingerprint density at radius 3 is 2.62 bits per heavy atom. The van der Waals surface area contributed by atoms with Gasteiger partial charge < -0.3 is 14.9 Å². The molecular weight excluding hydrogens is 339 g/mol. The minimum Gasteiger partial charge on any atom is -0.457 e. The molecule has 7 heteroatoms. The summed E-state index contributed by atoms with van der Waals surface area (Å²) in [6.45, 7) is 1.52. The molecule has 2 amide bonds. The summed E-state index contributed by atoms with van der Waals surface area (Å²) in [5.41, 5.74) is 5.57. The van der Waals surface area contributed by atoms with Crippen molar-refractivity contribution < 1.29 is 23.5 Å². The molecule has 1 heterocycles. The second-order valence-corrected chi connectivity index (χ2v) is 5.49. The summed E-state index contributed by atoms with van der Waals surface area (Å²) in [5.74, 6) is 6.51. The molecule has 1 aromatic heterocycles. The lowest BCUT2D eigenvalue weighted by atomic mass is 10.2. The predicted octanol–water partition coefficient (Wildman–Crippen LogP) is 3.87. The highest BCUT2D eigenvalue weighted by Crippen LogP contribution is 2.27. The minimum absolute atomic E-state index is 0.335. The van der Waals surface area contributed by atoms with Gasteiger partial charge in [-0.25, -0.2) is 9.18 Å². The highest BCUT2D eigenvalue weighted by molar-refractivity contribution is 5.80. The van der Waals surface area contributed by atoms with Crippen LogP contribution in [0.5, 0.6) is 11.5 Å². The number of nitrogens with zero attached hydrogens (tertiary/aromatic N) is 1. The molecule has 3 aromatic rings. The first-order chi connectivity index (χ1) is 12.4. The monoisotopic (exact) mass is 354 g/mol. The molecule has 0 fully saturated rings. The SMILES string of the molecule is CC(C#Cc1cc2cc(Oc3ccc(F)cc3)ccc2o1)N(O)C(N)=O. The van der Waals surface area contributed by atoms with Crippen molar-refractivity contribution in [2.75, 3.05) is 0 Å². The average Bonchev–Trinajstić information content (AvgIpc) is 3.03. The third-order valence-corrected chi connectivity index (χ3v) is 3.53. The van der Waals surface area contributed by atoms with Gasteiger partial charge in [0.2, 0.25) is 0 Å². The van der Waals surface area contributed by atoms with Gasteiger partial charge in [0, 0.05) is 11.5 Å². The maximum atomic E-state index is 12.9. The Kier molecular flexibility index (Phi) is 4.78. The van der Waals surface area contributed by atoms with E-state index in [1.54, 1.807) is 24.3 Å². The van der Waals surface area contributed by atoms with Crippen LogP contribution in [-0.4, -0.2) is 22.3 Å². The van der Waals surface area contributed by atoms with Crippen LogP contribution in [0.25, 0.3) is 11.0 Å². The highest BCUT2D eigenvalue weighted by Gasteiger charge is 2.12. The molecule has 0 spiro atoms. The van der Waals surface area contributed by atoms with Crippen LogP contribution in [0, 0.1) is 17.7 Å². The third kappa shape index (κ3) is 3.94. The molecule has 6 nitrogen and oxygen atoms in total. The Bertz CT molecular complexity index is 1000. The van der Waals surface area contributed by atoms with Gasteiger partial charge >= 0.3 is 6.03 Å². The van der Waals surface area contributed by atoms with Gasteiger partial charge in [-0.2, -0.15) is 5.06 Å². The topological polar surface area (TPSA) is 88.9 Å². The van der Waals surface area contributed by atoms with Crippen molar-refractivity contribution in [3.05, 3.63) is 60.1 Å². The van der Waals surface area contributed by atoms with Crippen molar-refractivity contribution in [1.82, 2.24) is 5.06 Å². The number of ether oxygens (including phenoxy) is 1. The molecular formula is C19H15FN2O4. The van der Waals surface area contributed by atoms with E-state index in [-0.39, 0.29) is 5.82 Å². The van der Waals surface area contributed by atoms with E-state index >= 15 is 0 Å². The molecule has 3 N–H and O–H groups in total. The van der Waals surface area contributed by atoms with Crippen molar-refractivity contribution in [2.24, 2.45) is 5.73 Å². The van der Waals surface area contributed by atoms with Crippen LogP contribution in [0.4, 0.5) is 9.18 Å². The Morgan fingerprint density at radius 2 is 1.92 bits per heavy atom. The summed E-state index contributed by atoms with van der Waals surface area (Å²) in [6.07, 6.45) is 0. The Hall–Kier alpha value is -3.50. The second kappa shape index (κ2) is 7.17. The fraction of sp³-hybridized carbons (Fsp3) is 0.105. The van der Waals surface area contributed by atoms with Crippen molar-refractivity contribution in [3.63, 3.8) is 0 Å². The third-order valence-electron chi connectivity index (χ3n) is 3.53. The zero-order valence-electron chi connectivity index (χ0n) is 13.8. The lowest BCUT2D eigenvalue weighted by Gasteiger charge is -2.14. The molecule has 3 rings (SSSR count). The van der Waals surface area contributed by atoms with Gasteiger partial charge in [-0.05, 0) is 55.3 Å². The first-order valence-electron chi connectivity index (χ1n) is 7.68. The maximum absolute atomic E-state index is 12.9. The van der Waals surface area contributed by atoms with Crippen molar-refractivity contribution in [1.29, 1.82) is 0 Å². The molecule has 132 valence electrons. The van der Waals surface area contributed by atoms with E-state index in [9.17, 15) is 14.4 Å². The zero-order chi connectivity index (χ0) is 18.7. The number of nitrogens with two attached hydrogens (primary N) is 1. The Balaban J connectivity index is 1.79. The first-order valence-corrected chi connectivity index (χ1v) is 7.68. The number of hydrogen-bond donors (Lipinski definition) is 2. The quantitative estimate of drug-likeness (QED) is 0.424. The van der Waals surface area contributed by atoms with Gasteiger partial charge in [-0.15, -0.1) is 0 Å². The Labute approximate surface area is 148 Å². The van der Waals surface area contributed by atoms with Crippen molar-refractivity contribution in [3.8, 4) is 23.3 Å². The number of urea groups is 1. The van der Waals surface area contributed by atoms with Crippen LogP contribution < -0.4 is 10.5 Å².